The highest BCUT2D eigenvalue weighted by molar-refractivity contribution is 6.32. The second kappa shape index (κ2) is 5.81. The largest absolute Gasteiger partial charge is 0.488 e. The Hall–Kier alpha value is -1.25. The summed E-state index contributed by atoms with van der Waals surface area (Å²) in [7, 11) is 0. The average molecular weight is 296 g/mol. The van der Waals surface area contributed by atoms with Gasteiger partial charge in [-0.15, -0.1) is 0 Å². The van der Waals surface area contributed by atoms with Gasteiger partial charge in [0, 0.05) is 5.56 Å². The molecular formula is C15H15Cl2NO. The van der Waals surface area contributed by atoms with Gasteiger partial charge in [-0.1, -0.05) is 40.9 Å². The van der Waals surface area contributed by atoms with Crippen molar-refractivity contribution in [1.82, 2.24) is 4.98 Å². The topological polar surface area (TPSA) is 22.1 Å². The summed E-state index contributed by atoms with van der Waals surface area (Å²) in [5.41, 5.74) is 4.30. The molecule has 0 radical (unpaired) electrons. The Kier molecular flexibility index (Phi) is 4.33. The molecule has 2 aromatic rings. The molecule has 0 aliphatic carbocycles. The molecular weight excluding hydrogens is 281 g/mol. The van der Waals surface area contributed by atoms with Crippen molar-refractivity contribution < 1.29 is 4.74 Å². The van der Waals surface area contributed by atoms with Gasteiger partial charge in [-0.25, -0.2) is 4.98 Å². The summed E-state index contributed by atoms with van der Waals surface area (Å²) in [5, 5.41) is 0.770. The van der Waals surface area contributed by atoms with Crippen LogP contribution < -0.4 is 4.74 Å². The third-order valence-electron chi connectivity index (χ3n) is 2.87. The lowest BCUT2D eigenvalue weighted by atomic mass is 10.1. The van der Waals surface area contributed by atoms with Crippen LogP contribution in [0.4, 0.5) is 0 Å². The lowest BCUT2D eigenvalue weighted by Crippen LogP contribution is -2.01. The number of benzene rings is 1. The molecule has 2 nitrogen and oxygen atoms in total. The molecule has 0 aliphatic rings. The Balaban J connectivity index is 2.19. The number of rotatable bonds is 3. The van der Waals surface area contributed by atoms with Gasteiger partial charge in [0.15, 0.2) is 0 Å². The van der Waals surface area contributed by atoms with Crippen molar-refractivity contribution >= 4 is 23.2 Å². The van der Waals surface area contributed by atoms with Crippen LogP contribution in [0.25, 0.3) is 0 Å². The van der Waals surface area contributed by atoms with Crippen LogP contribution in [-0.2, 0) is 6.61 Å². The van der Waals surface area contributed by atoms with Crippen LogP contribution in [0.2, 0.25) is 10.3 Å². The lowest BCUT2D eigenvalue weighted by Gasteiger charge is -2.13. The molecule has 0 spiro atoms. The predicted octanol–water partition coefficient (Wildman–Crippen LogP) is 4.89. The van der Waals surface area contributed by atoms with Crippen molar-refractivity contribution in [3.63, 3.8) is 0 Å². The van der Waals surface area contributed by atoms with Gasteiger partial charge in [-0.2, -0.15) is 0 Å². The number of aryl methyl sites for hydroxylation is 3. The van der Waals surface area contributed by atoms with Crippen LogP contribution in [0.1, 0.15) is 22.3 Å². The van der Waals surface area contributed by atoms with Crippen molar-refractivity contribution in [1.29, 1.82) is 0 Å². The standard InChI is InChI=1S/C15H15Cl2NO/c1-9-6-10(2)14(11(3)7-9)19-8-12-4-5-13(16)18-15(12)17/h4-7H,8H2,1-3H3. The second-order valence-electron chi connectivity index (χ2n) is 4.60. The molecule has 2 rings (SSSR count). The van der Waals surface area contributed by atoms with E-state index in [0.29, 0.717) is 16.9 Å². The van der Waals surface area contributed by atoms with E-state index < -0.39 is 0 Å². The first-order valence-corrected chi connectivity index (χ1v) is 6.74. The predicted molar refractivity (Wildman–Crippen MR) is 79.2 cm³/mol. The van der Waals surface area contributed by atoms with E-state index in [9.17, 15) is 0 Å². The third kappa shape index (κ3) is 3.40. The average Bonchev–Trinajstić information content (AvgIpc) is 2.30. The van der Waals surface area contributed by atoms with Gasteiger partial charge in [-0.05, 0) is 44.0 Å². The minimum absolute atomic E-state index is 0.383. The molecule has 0 N–H and O–H groups in total. The lowest BCUT2D eigenvalue weighted by molar-refractivity contribution is 0.301. The number of hydrogen-bond donors (Lipinski definition) is 0. The molecule has 1 heterocycles. The second-order valence-corrected chi connectivity index (χ2v) is 5.35. The normalized spacial score (nSPS) is 10.6. The van der Waals surface area contributed by atoms with Gasteiger partial charge < -0.3 is 4.74 Å². The fourth-order valence-electron chi connectivity index (χ4n) is 2.09. The maximum atomic E-state index is 6.02. The van der Waals surface area contributed by atoms with E-state index in [0.717, 1.165) is 22.4 Å². The molecule has 0 aliphatic heterocycles. The number of pyridine rings is 1. The SMILES string of the molecule is Cc1cc(C)c(OCc2ccc(Cl)nc2Cl)c(C)c1. The highest BCUT2D eigenvalue weighted by Gasteiger charge is 2.08. The van der Waals surface area contributed by atoms with Crippen molar-refractivity contribution in [3.05, 3.63) is 56.8 Å². The molecule has 0 fully saturated rings. The van der Waals surface area contributed by atoms with Crippen molar-refractivity contribution in [2.24, 2.45) is 0 Å². The fraction of sp³-hybridized carbons (Fsp3) is 0.267. The zero-order valence-corrected chi connectivity index (χ0v) is 12.6. The maximum Gasteiger partial charge on any atom is 0.137 e. The van der Waals surface area contributed by atoms with E-state index in [-0.39, 0.29) is 0 Å². The number of halogens is 2. The zero-order valence-electron chi connectivity index (χ0n) is 11.1. The van der Waals surface area contributed by atoms with Crippen LogP contribution >= 0.6 is 23.2 Å². The summed E-state index contributed by atoms with van der Waals surface area (Å²) < 4.78 is 5.86. The number of aromatic nitrogens is 1. The summed E-state index contributed by atoms with van der Waals surface area (Å²) in [6.45, 7) is 6.53. The quantitative estimate of drug-likeness (QED) is 0.752. The first kappa shape index (κ1) is 14.2. The molecule has 0 bridgehead atoms. The Morgan fingerprint density at radius 2 is 1.68 bits per heavy atom. The monoisotopic (exact) mass is 295 g/mol. The van der Waals surface area contributed by atoms with E-state index in [4.69, 9.17) is 27.9 Å². The maximum absolute atomic E-state index is 6.02. The van der Waals surface area contributed by atoms with Crippen molar-refractivity contribution in [3.8, 4) is 5.75 Å². The summed E-state index contributed by atoms with van der Waals surface area (Å²) >= 11 is 11.8. The van der Waals surface area contributed by atoms with E-state index >= 15 is 0 Å². The van der Waals surface area contributed by atoms with E-state index in [1.54, 1.807) is 6.07 Å². The number of ether oxygens (including phenoxy) is 1. The van der Waals surface area contributed by atoms with Crippen LogP contribution in [0.3, 0.4) is 0 Å². The van der Waals surface area contributed by atoms with Gasteiger partial charge in [0.25, 0.3) is 0 Å². The fourth-order valence-corrected chi connectivity index (χ4v) is 2.49. The van der Waals surface area contributed by atoms with Crippen molar-refractivity contribution in [2.45, 2.75) is 27.4 Å². The Morgan fingerprint density at radius 3 is 2.26 bits per heavy atom. The van der Waals surface area contributed by atoms with Crippen LogP contribution in [-0.4, -0.2) is 4.98 Å². The molecule has 19 heavy (non-hydrogen) atoms. The summed E-state index contributed by atoms with van der Waals surface area (Å²) in [6.07, 6.45) is 0. The highest BCUT2D eigenvalue weighted by Crippen LogP contribution is 2.26. The van der Waals surface area contributed by atoms with Gasteiger partial charge in [-0.3, -0.25) is 0 Å². The molecule has 100 valence electrons. The summed E-state index contributed by atoms with van der Waals surface area (Å²) in [4.78, 5) is 4.00. The van der Waals surface area contributed by atoms with Gasteiger partial charge in [0.2, 0.25) is 0 Å². The number of hydrogen-bond acceptors (Lipinski definition) is 2. The molecule has 0 unspecified atom stereocenters. The minimum Gasteiger partial charge on any atom is -0.488 e. The van der Waals surface area contributed by atoms with Crippen LogP contribution in [0.5, 0.6) is 5.75 Å². The Labute approximate surface area is 123 Å². The van der Waals surface area contributed by atoms with E-state index in [1.807, 2.05) is 19.9 Å². The summed E-state index contributed by atoms with van der Waals surface area (Å²) in [5.74, 6) is 0.900. The van der Waals surface area contributed by atoms with Gasteiger partial charge >= 0.3 is 0 Å². The van der Waals surface area contributed by atoms with Crippen LogP contribution in [0.15, 0.2) is 24.3 Å². The number of nitrogens with zero attached hydrogens (tertiary/aromatic N) is 1. The highest BCUT2D eigenvalue weighted by atomic mass is 35.5. The molecule has 1 aromatic heterocycles. The first-order chi connectivity index (χ1) is 8.97. The van der Waals surface area contributed by atoms with Gasteiger partial charge in [0.1, 0.15) is 22.7 Å². The zero-order chi connectivity index (χ0) is 14.0. The molecule has 1 aromatic carbocycles. The van der Waals surface area contributed by atoms with E-state index in [2.05, 4.69) is 24.0 Å². The molecule has 0 amide bonds. The molecule has 4 heteroatoms. The first-order valence-electron chi connectivity index (χ1n) is 5.99. The summed E-state index contributed by atoms with van der Waals surface area (Å²) in [6, 6.07) is 7.74. The van der Waals surface area contributed by atoms with Crippen LogP contribution in [0, 0.1) is 20.8 Å². The van der Waals surface area contributed by atoms with Crippen molar-refractivity contribution in [2.75, 3.05) is 0 Å². The Bertz CT molecular complexity index is 588. The molecule has 0 atom stereocenters. The van der Waals surface area contributed by atoms with Gasteiger partial charge in [0.05, 0.1) is 0 Å². The smallest absolute Gasteiger partial charge is 0.137 e. The molecule has 0 saturated carbocycles. The van der Waals surface area contributed by atoms with E-state index in [1.165, 1.54) is 5.56 Å². The Morgan fingerprint density at radius 1 is 1.05 bits per heavy atom. The minimum atomic E-state index is 0.383. The molecule has 0 saturated heterocycles. The third-order valence-corrected chi connectivity index (χ3v) is 3.41.